The Hall–Kier alpha value is -1.49. The van der Waals surface area contributed by atoms with Crippen molar-refractivity contribution >= 4 is 27.4 Å². The molecule has 16 heavy (non-hydrogen) atoms. The van der Waals surface area contributed by atoms with Crippen molar-refractivity contribution in [1.82, 2.24) is 10.2 Å². The van der Waals surface area contributed by atoms with E-state index in [2.05, 4.69) is 32.2 Å². The Bertz CT molecular complexity index is 504. The molecule has 0 atom stereocenters. The SMILES string of the molecule is CN(C)c1cc(-c2cn[nH]c2N)ccc1Br. The van der Waals surface area contributed by atoms with E-state index >= 15 is 0 Å². The second kappa shape index (κ2) is 4.17. The van der Waals surface area contributed by atoms with E-state index in [9.17, 15) is 0 Å². The van der Waals surface area contributed by atoms with E-state index in [4.69, 9.17) is 5.73 Å². The van der Waals surface area contributed by atoms with Crippen molar-refractivity contribution in [1.29, 1.82) is 0 Å². The fraction of sp³-hybridized carbons (Fsp3) is 0.182. The average molecular weight is 281 g/mol. The van der Waals surface area contributed by atoms with Gasteiger partial charge in [0.1, 0.15) is 5.82 Å². The molecule has 1 aromatic heterocycles. The third-order valence-electron chi connectivity index (χ3n) is 2.41. The highest BCUT2D eigenvalue weighted by Crippen LogP contribution is 2.32. The van der Waals surface area contributed by atoms with Crippen molar-refractivity contribution in [3.8, 4) is 11.1 Å². The van der Waals surface area contributed by atoms with Gasteiger partial charge in [0.05, 0.1) is 11.9 Å². The normalized spacial score (nSPS) is 10.4. The highest BCUT2D eigenvalue weighted by Gasteiger charge is 2.08. The molecule has 3 N–H and O–H groups in total. The number of rotatable bonds is 2. The number of hydrogen-bond acceptors (Lipinski definition) is 3. The summed E-state index contributed by atoms with van der Waals surface area (Å²) in [5.41, 5.74) is 8.88. The van der Waals surface area contributed by atoms with Crippen LogP contribution in [0.5, 0.6) is 0 Å². The molecule has 84 valence electrons. The predicted octanol–water partition coefficient (Wildman–Crippen LogP) is 2.49. The molecule has 0 aliphatic carbocycles. The highest BCUT2D eigenvalue weighted by atomic mass is 79.9. The molecule has 0 bridgehead atoms. The van der Waals surface area contributed by atoms with Gasteiger partial charge in [-0.05, 0) is 33.6 Å². The molecule has 0 fully saturated rings. The molecule has 2 aromatic rings. The summed E-state index contributed by atoms with van der Waals surface area (Å²) >= 11 is 3.52. The zero-order valence-electron chi connectivity index (χ0n) is 9.16. The summed E-state index contributed by atoms with van der Waals surface area (Å²) in [6, 6.07) is 6.10. The van der Waals surface area contributed by atoms with Crippen LogP contribution < -0.4 is 10.6 Å². The first-order valence-electron chi connectivity index (χ1n) is 4.85. The van der Waals surface area contributed by atoms with Crippen LogP contribution in [0, 0.1) is 0 Å². The van der Waals surface area contributed by atoms with E-state index < -0.39 is 0 Å². The third-order valence-corrected chi connectivity index (χ3v) is 3.08. The van der Waals surface area contributed by atoms with Crippen LogP contribution in [-0.2, 0) is 0 Å². The Kier molecular flexibility index (Phi) is 2.87. The largest absolute Gasteiger partial charge is 0.384 e. The van der Waals surface area contributed by atoms with Crippen LogP contribution in [0.15, 0.2) is 28.9 Å². The maximum absolute atomic E-state index is 5.79. The van der Waals surface area contributed by atoms with Gasteiger partial charge in [0.2, 0.25) is 0 Å². The summed E-state index contributed by atoms with van der Waals surface area (Å²) in [6.07, 6.45) is 1.73. The molecule has 0 aliphatic heterocycles. The van der Waals surface area contributed by atoms with E-state index in [1.54, 1.807) is 6.20 Å². The van der Waals surface area contributed by atoms with Gasteiger partial charge in [-0.1, -0.05) is 6.07 Å². The molecule has 0 aliphatic rings. The topological polar surface area (TPSA) is 57.9 Å². The minimum absolute atomic E-state index is 0.590. The molecule has 0 saturated carbocycles. The third kappa shape index (κ3) is 1.90. The molecular weight excluding hydrogens is 268 g/mol. The lowest BCUT2D eigenvalue weighted by molar-refractivity contribution is 1.10. The molecule has 0 spiro atoms. The lowest BCUT2D eigenvalue weighted by Gasteiger charge is -2.15. The molecule has 5 heteroatoms. The maximum atomic E-state index is 5.79. The minimum Gasteiger partial charge on any atom is -0.384 e. The lowest BCUT2D eigenvalue weighted by atomic mass is 10.1. The van der Waals surface area contributed by atoms with Crippen LogP contribution in [-0.4, -0.2) is 24.3 Å². The van der Waals surface area contributed by atoms with Gasteiger partial charge in [-0.25, -0.2) is 0 Å². The smallest absolute Gasteiger partial charge is 0.126 e. The van der Waals surface area contributed by atoms with Crippen molar-refractivity contribution in [3.63, 3.8) is 0 Å². The van der Waals surface area contributed by atoms with Crippen LogP contribution in [0.25, 0.3) is 11.1 Å². The van der Waals surface area contributed by atoms with Crippen molar-refractivity contribution in [2.45, 2.75) is 0 Å². The van der Waals surface area contributed by atoms with E-state index in [-0.39, 0.29) is 0 Å². The quantitative estimate of drug-likeness (QED) is 0.889. The van der Waals surface area contributed by atoms with Crippen LogP contribution in [0.1, 0.15) is 0 Å². The van der Waals surface area contributed by atoms with Crippen molar-refractivity contribution < 1.29 is 0 Å². The van der Waals surface area contributed by atoms with Gasteiger partial charge in [0, 0.05) is 24.1 Å². The summed E-state index contributed by atoms with van der Waals surface area (Å²) in [5.74, 6) is 0.590. The Morgan fingerprint density at radius 1 is 1.38 bits per heavy atom. The van der Waals surface area contributed by atoms with E-state index in [1.807, 2.05) is 31.1 Å². The van der Waals surface area contributed by atoms with Gasteiger partial charge in [-0.2, -0.15) is 5.10 Å². The van der Waals surface area contributed by atoms with E-state index in [1.165, 1.54) is 0 Å². The number of hydrogen-bond donors (Lipinski definition) is 2. The monoisotopic (exact) mass is 280 g/mol. The summed E-state index contributed by atoms with van der Waals surface area (Å²) in [4.78, 5) is 2.05. The minimum atomic E-state index is 0.590. The number of aromatic amines is 1. The first kappa shape index (κ1) is 11.0. The fourth-order valence-electron chi connectivity index (χ4n) is 1.55. The molecule has 0 unspecified atom stereocenters. The van der Waals surface area contributed by atoms with Gasteiger partial charge in [0.25, 0.3) is 0 Å². The lowest BCUT2D eigenvalue weighted by Crippen LogP contribution is -2.09. The van der Waals surface area contributed by atoms with E-state index in [0.29, 0.717) is 5.82 Å². The molecule has 2 rings (SSSR count). The zero-order chi connectivity index (χ0) is 11.7. The van der Waals surface area contributed by atoms with Crippen molar-refractivity contribution in [2.75, 3.05) is 24.7 Å². The number of nitrogens with two attached hydrogens (primary N) is 1. The molecule has 0 amide bonds. The number of nitrogens with zero attached hydrogens (tertiary/aromatic N) is 2. The van der Waals surface area contributed by atoms with Crippen molar-refractivity contribution in [3.05, 3.63) is 28.9 Å². The standard InChI is InChI=1S/C11H13BrN4/c1-16(2)10-5-7(3-4-9(10)12)8-6-14-15-11(8)13/h3-6H,1-2H3,(H3,13,14,15). The molecule has 0 saturated heterocycles. The number of halogens is 1. The number of benzene rings is 1. The van der Waals surface area contributed by atoms with Crippen LogP contribution in [0.4, 0.5) is 11.5 Å². The Morgan fingerprint density at radius 2 is 2.12 bits per heavy atom. The molecule has 1 aromatic carbocycles. The number of anilines is 2. The molecular formula is C11H13BrN4. The first-order chi connectivity index (χ1) is 7.59. The van der Waals surface area contributed by atoms with Crippen LogP contribution in [0.3, 0.4) is 0 Å². The fourth-order valence-corrected chi connectivity index (χ4v) is 2.15. The second-order valence-electron chi connectivity index (χ2n) is 3.76. The highest BCUT2D eigenvalue weighted by molar-refractivity contribution is 9.10. The first-order valence-corrected chi connectivity index (χ1v) is 5.65. The summed E-state index contributed by atoms with van der Waals surface area (Å²) < 4.78 is 1.06. The summed E-state index contributed by atoms with van der Waals surface area (Å²) in [5, 5.41) is 6.65. The maximum Gasteiger partial charge on any atom is 0.126 e. The number of aromatic nitrogens is 2. The summed E-state index contributed by atoms with van der Waals surface area (Å²) in [7, 11) is 4.01. The molecule has 0 radical (unpaired) electrons. The van der Waals surface area contributed by atoms with Gasteiger partial charge in [-0.15, -0.1) is 0 Å². The van der Waals surface area contributed by atoms with Crippen LogP contribution in [0.2, 0.25) is 0 Å². The van der Waals surface area contributed by atoms with Crippen LogP contribution >= 0.6 is 15.9 Å². The number of nitrogen functional groups attached to an aromatic ring is 1. The average Bonchev–Trinajstić information content (AvgIpc) is 2.65. The Morgan fingerprint density at radius 3 is 2.69 bits per heavy atom. The van der Waals surface area contributed by atoms with Gasteiger partial charge >= 0.3 is 0 Å². The zero-order valence-corrected chi connectivity index (χ0v) is 10.7. The number of H-pyrrole nitrogens is 1. The predicted molar refractivity (Wildman–Crippen MR) is 70.5 cm³/mol. The summed E-state index contributed by atoms with van der Waals surface area (Å²) in [6.45, 7) is 0. The molecule has 4 nitrogen and oxygen atoms in total. The van der Waals surface area contributed by atoms with Gasteiger partial charge in [-0.3, -0.25) is 5.10 Å². The van der Waals surface area contributed by atoms with Gasteiger partial charge in [0.15, 0.2) is 0 Å². The van der Waals surface area contributed by atoms with E-state index in [0.717, 1.165) is 21.3 Å². The Balaban J connectivity index is 2.52. The van der Waals surface area contributed by atoms with Gasteiger partial charge < -0.3 is 10.6 Å². The number of nitrogens with one attached hydrogen (secondary N) is 1. The van der Waals surface area contributed by atoms with Crippen molar-refractivity contribution in [2.24, 2.45) is 0 Å². The molecule has 1 heterocycles. The second-order valence-corrected chi connectivity index (χ2v) is 4.61. The Labute approximate surface area is 103 Å².